The molecule has 0 aliphatic rings. The maximum absolute atomic E-state index is 12.0. The lowest BCUT2D eigenvalue weighted by Gasteiger charge is -2.15. The summed E-state index contributed by atoms with van der Waals surface area (Å²) >= 11 is 1.20. The number of ketones is 1. The SMILES string of the molecule is CC(C)c1nnsc1C(=O)C(C)(C)C. The Morgan fingerprint density at radius 1 is 1.36 bits per heavy atom. The van der Waals surface area contributed by atoms with Crippen molar-refractivity contribution in [3.05, 3.63) is 10.6 Å². The number of rotatable bonds is 2. The summed E-state index contributed by atoms with van der Waals surface area (Å²) in [7, 11) is 0. The highest BCUT2D eigenvalue weighted by atomic mass is 32.1. The van der Waals surface area contributed by atoms with E-state index in [0.717, 1.165) is 5.69 Å². The van der Waals surface area contributed by atoms with E-state index in [-0.39, 0.29) is 17.1 Å². The van der Waals surface area contributed by atoms with Crippen LogP contribution in [0.25, 0.3) is 0 Å². The largest absolute Gasteiger partial charge is 0.293 e. The third-order valence-electron chi connectivity index (χ3n) is 1.95. The van der Waals surface area contributed by atoms with Crippen LogP contribution >= 0.6 is 11.5 Å². The second kappa shape index (κ2) is 3.77. The molecule has 0 fully saturated rings. The smallest absolute Gasteiger partial charge is 0.181 e. The number of carbonyl (C=O) groups excluding carboxylic acids is 1. The Kier molecular flexibility index (Phi) is 3.04. The van der Waals surface area contributed by atoms with Gasteiger partial charge >= 0.3 is 0 Å². The molecule has 0 spiro atoms. The highest BCUT2D eigenvalue weighted by molar-refractivity contribution is 7.08. The van der Waals surface area contributed by atoms with Crippen molar-refractivity contribution in [3.8, 4) is 0 Å². The van der Waals surface area contributed by atoms with E-state index in [4.69, 9.17) is 0 Å². The van der Waals surface area contributed by atoms with Crippen molar-refractivity contribution >= 4 is 17.3 Å². The van der Waals surface area contributed by atoms with Crippen molar-refractivity contribution in [1.29, 1.82) is 0 Å². The molecule has 0 aromatic carbocycles. The first-order chi connectivity index (χ1) is 6.34. The summed E-state index contributed by atoms with van der Waals surface area (Å²) in [6.45, 7) is 9.80. The minimum atomic E-state index is -0.349. The molecular weight excluding hydrogens is 196 g/mol. The average Bonchev–Trinajstić information content (AvgIpc) is 2.48. The van der Waals surface area contributed by atoms with E-state index in [1.807, 2.05) is 34.6 Å². The zero-order chi connectivity index (χ0) is 10.9. The van der Waals surface area contributed by atoms with Gasteiger partial charge in [-0.05, 0) is 17.5 Å². The third-order valence-corrected chi connectivity index (χ3v) is 2.69. The first-order valence-electron chi connectivity index (χ1n) is 4.71. The van der Waals surface area contributed by atoms with Crippen molar-refractivity contribution < 1.29 is 4.79 Å². The van der Waals surface area contributed by atoms with Gasteiger partial charge in [0.25, 0.3) is 0 Å². The average molecular weight is 212 g/mol. The summed E-state index contributed by atoms with van der Waals surface area (Å²) < 4.78 is 3.85. The Hall–Kier alpha value is -0.770. The molecule has 4 heteroatoms. The van der Waals surface area contributed by atoms with Crippen LogP contribution in [-0.2, 0) is 0 Å². The summed E-state index contributed by atoms with van der Waals surface area (Å²) in [5, 5.41) is 4.00. The first kappa shape index (κ1) is 11.3. The standard InChI is InChI=1S/C10H16N2OS/c1-6(2)7-8(14-12-11-7)9(13)10(3,4)5/h6H,1-5H3. The van der Waals surface area contributed by atoms with Crippen LogP contribution < -0.4 is 0 Å². The van der Waals surface area contributed by atoms with Crippen LogP contribution in [0.1, 0.15) is 55.9 Å². The Balaban J connectivity index is 3.08. The van der Waals surface area contributed by atoms with Crippen LogP contribution in [0.5, 0.6) is 0 Å². The van der Waals surface area contributed by atoms with Crippen molar-refractivity contribution in [2.24, 2.45) is 5.41 Å². The minimum absolute atomic E-state index is 0.135. The molecule has 0 N–H and O–H groups in total. The molecule has 0 atom stereocenters. The molecule has 0 unspecified atom stereocenters. The van der Waals surface area contributed by atoms with Crippen LogP contribution in [0.2, 0.25) is 0 Å². The lowest BCUT2D eigenvalue weighted by atomic mass is 9.88. The fourth-order valence-corrected chi connectivity index (χ4v) is 2.04. The van der Waals surface area contributed by atoms with Gasteiger partial charge in [-0.25, -0.2) is 0 Å². The molecule has 78 valence electrons. The molecule has 14 heavy (non-hydrogen) atoms. The molecule has 1 aromatic rings. The summed E-state index contributed by atoms with van der Waals surface area (Å²) in [6.07, 6.45) is 0. The van der Waals surface area contributed by atoms with E-state index in [0.29, 0.717) is 4.88 Å². The van der Waals surface area contributed by atoms with Gasteiger partial charge < -0.3 is 0 Å². The molecule has 0 amide bonds. The molecular formula is C10H16N2OS. The Morgan fingerprint density at radius 2 is 1.93 bits per heavy atom. The number of Topliss-reactive ketones (excluding diaryl/α,β-unsaturated/α-hetero) is 1. The molecule has 0 aliphatic carbocycles. The highest BCUT2D eigenvalue weighted by Crippen LogP contribution is 2.27. The second-order valence-corrected chi connectivity index (χ2v) is 5.48. The van der Waals surface area contributed by atoms with E-state index in [1.165, 1.54) is 11.5 Å². The molecule has 0 saturated carbocycles. The maximum Gasteiger partial charge on any atom is 0.181 e. The second-order valence-electron chi connectivity index (χ2n) is 4.72. The molecule has 1 heterocycles. The zero-order valence-corrected chi connectivity index (χ0v) is 10.1. The summed E-state index contributed by atoms with van der Waals surface area (Å²) in [6, 6.07) is 0. The molecule has 1 rings (SSSR count). The molecule has 0 saturated heterocycles. The summed E-state index contributed by atoms with van der Waals surface area (Å²) in [5.74, 6) is 0.395. The van der Waals surface area contributed by atoms with Crippen molar-refractivity contribution in [2.45, 2.75) is 40.5 Å². The van der Waals surface area contributed by atoms with Crippen molar-refractivity contribution in [1.82, 2.24) is 9.59 Å². The van der Waals surface area contributed by atoms with Gasteiger partial charge in [0, 0.05) is 5.41 Å². The van der Waals surface area contributed by atoms with Crippen LogP contribution in [0, 0.1) is 5.41 Å². The third kappa shape index (κ3) is 2.18. The number of hydrogen-bond acceptors (Lipinski definition) is 4. The minimum Gasteiger partial charge on any atom is -0.293 e. The van der Waals surface area contributed by atoms with Crippen LogP contribution in [0.15, 0.2) is 0 Å². The van der Waals surface area contributed by atoms with Gasteiger partial charge in [0.15, 0.2) is 5.78 Å². The van der Waals surface area contributed by atoms with E-state index in [2.05, 4.69) is 9.59 Å². The monoisotopic (exact) mass is 212 g/mol. The van der Waals surface area contributed by atoms with Crippen LogP contribution in [-0.4, -0.2) is 15.4 Å². The molecule has 0 aliphatic heterocycles. The number of aromatic nitrogens is 2. The molecule has 3 nitrogen and oxygen atoms in total. The van der Waals surface area contributed by atoms with Gasteiger partial charge in [-0.15, -0.1) is 5.10 Å². The van der Waals surface area contributed by atoms with Crippen LogP contribution in [0.4, 0.5) is 0 Å². The summed E-state index contributed by atoms with van der Waals surface area (Å²) in [5.41, 5.74) is 0.479. The van der Waals surface area contributed by atoms with Gasteiger partial charge in [-0.3, -0.25) is 4.79 Å². The molecule has 0 radical (unpaired) electrons. The quantitative estimate of drug-likeness (QED) is 0.708. The zero-order valence-electron chi connectivity index (χ0n) is 9.29. The van der Waals surface area contributed by atoms with Gasteiger partial charge in [-0.1, -0.05) is 39.1 Å². The number of hydrogen-bond donors (Lipinski definition) is 0. The number of carbonyl (C=O) groups is 1. The fourth-order valence-electron chi connectivity index (χ4n) is 1.07. The predicted molar refractivity (Wildman–Crippen MR) is 57.8 cm³/mol. The first-order valence-corrected chi connectivity index (χ1v) is 5.48. The van der Waals surface area contributed by atoms with Gasteiger partial charge in [0.2, 0.25) is 0 Å². The topological polar surface area (TPSA) is 42.9 Å². The van der Waals surface area contributed by atoms with E-state index in [9.17, 15) is 4.79 Å². The summed E-state index contributed by atoms with van der Waals surface area (Å²) in [4.78, 5) is 12.7. The van der Waals surface area contributed by atoms with Gasteiger partial charge in [-0.2, -0.15) is 0 Å². The van der Waals surface area contributed by atoms with Gasteiger partial charge in [0.1, 0.15) is 4.88 Å². The lowest BCUT2D eigenvalue weighted by molar-refractivity contribution is 0.0861. The van der Waals surface area contributed by atoms with E-state index < -0.39 is 0 Å². The maximum atomic E-state index is 12.0. The van der Waals surface area contributed by atoms with Crippen molar-refractivity contribution in [2.75, 3.05) is 0 Å². The van der Waals surface area contributed by atoms with E-state index >= 15 is 0 Å². The highest BCUT2D eigenvalue weighted by Gasteiger charge is 2.28. The Bertz CT molecular complexity index is 336. The normalized spacial score (nSPS) is 12.1. The Labute approximate surface area is 88.7 Å². The van der Waals surface area contributed by atoms with Gasteiger partial charge in [0.05, 0.1) is 5.69 Å². The number of nitrogens with zero attached hydrogens (tertiary/aromatic N) is 2. The Morgan fingerprint density at radius 3 is 2.36 bits per heavy atom. The lowest BCUT2D eigenvalue weighted by Crippen LogP contribution is -2.20. The molecule has 0 bridgehead atoms. The van der Waals surface area contributed by atoms with Crippen molar-refractivity contribution in [3.63, 3.8) is 0 Å². The van der Waals surface area contributed by atoms with E-state index in [1.54, 1.807) is 0 Å². The van der Waals surface area contributed by atoms with Crippen LogP contribution in [0.3, 0.4) is 0 Å². The predicted octanol–water partition coefficient (Wildman–Crippen LogP) is 2.89. The fraction of sp³-hybridized carbons (Fsp3) is 0.700. The molecule has 1 aromatic heterocycles.